The summed E-state index contributed by atoms with van der Waals surface area (Å²) in [6, 6.07) is 14.0. The van der Waals surface area contributed by atoms with Crippen molar-refractivity contribution in [2.45, 2.75) is 19.3 Å². The van der Waals surface area contributed by atoms with Crippen molar-refractivity contribution in [1.82, 2.24) is 10.6 Å². The number of anilines is 2. The predicted octanol–water partition coefficient (Wildman–Crippen LogP) is 2.18. The maximum Gasteiger partial charge on any atom is 0.253 e. The topological polar surface area (TPSA) is 110 Å². The van der Waals surface area contributed by atoms with Crippen molar-refractivity contribution >= 4 is 23.2 Å². The molecular formula is C19H24N4O2. The number of amides is 2. The first-order chi connectivity index (χ1) is 12.1. The van der Waals surface area contributed by atoms with Gasteiger partial charge < -0.3 is 22.1 Å². The highest BCUT2D eigenvalue weighted by Crippen LogP contribution is 2.11. The first-order valence-electron chi connectivity index (χ1n) is 8.35. The minimum absolute atomic E-state index is 0.161. The molecule has 6 N–H and O–H groups in total. The van der Waals surface area contributed by atoms with Gasteiger partial charge in [-0.05, 0) is 43.5 Å². The summed E-state index contributed by atoms with van der Waals surface area (Å²) >= 11 is 0. The van der Waals surface area contributed by atoms with E-state index in [-0.39, 0.29) is 11.8 Å². The summed E-state index contributed by atoms with van der Waals surface area (Å²) in [5.41, 5.74) is 13.5. The molecule has 0 aliphatic heterocycles. The van der Waals surface area contributed by atoms with Crippen LogP contribution < -0.4 is 22.1 Å². The van der Waals surface area contributed by atoms with E-state index in [0.29, 0.717) is 35.6 Å². The van der Waals surface area contributed by atoms with Gasteiger partial charge in [-0.2, -0.15) is 0 Å². The van der Waals surface area contributed by atoms with Crippen molar-refractivity contribution in [3.05, 3.63) is 59.7 Å². The number of benzene rings is 2. The van der Waals surface area contributed by atoms with E-state index in [9.17, 15) is 9.59 Å². The van der Waals surface area contributed by atoms with Gasteiger partial charge in [0.2, 0.25) is 0 Å². The zero-order valence-electron chi connectivity index (χ0n) is 14.1. The number of nitrogen functional groups attached to an aromatic ring is 2. The molecule has 0 bridgehead atoms. The second kappa shape index (κ2) is 9.32. The number of carbonyl (C=O) groups is 2. The van der Waals surface area contributed by atoms with Gasteiger partial charge in [0.1, 0.15) is 0 Å². The molecule has 0 radical (unpaired) electrons. The van der Waals surface area contributed by atoms with Gasteiger partial charge in [-0.3, -0.25) is 9.59 Å². The smallest absolute Gasteiger partial charge is 0.253 e. The van der Waals surface area contributed by atoms with Crippen molar-refractivity contribution in [1.29, 1.82) is 0 Å². The fraction of sp³-hybridized carbons (Fsp3) is 0.263. The normalized spacial score (nSPS) is 10.2. The SMILES string of the molecule is Nc1ccccc1C(=O)NCCCCCNC(=O)c1ccccc1N. The molecule has 0 aliphatic carbocycles. The summed E-state index contributed by atoms with van der Waals surface area (Å²) in [6.45, 7) is 1.15. The molecule has 0 fully saturated rings. The number of hydrogen-bond donors (Lipinski definition) is 4. The van der Waals surface area contributed by atoms with Gasteiger partial charge in [-0.1, -0.05) is 24.3 Å². The Morgan fingerprint density at radius 1 is 0.680 bits per heavy atom. The lowest BCUT2D eigenvalue weighted by Gasteiger charge is -2.08. The van der Waals surface area contributed by atoms with Gasteiger partial charge in [0.25, 0.3) is 11.8 Å². The van der Waals surface area contributed by atoms with E-state index in [1.807, 2.05) is 0 Å². The third kappa shape index (κ3) is 5.53. The Morgan fingerprint density at radius 2 is 1.08 bits per heavy atom. The van der Waals surface area contributed by atoms with E-state index in [2.05, 4.69) is 10.6 Å². The average Bonchev–Trinajstić information content (AvgIpc) is 2.61. The maximum atomic E-state index is 12.0. The molecule has 0 aliphatic rings. The molecule has 132 valence electrons. The molecule has 2 amide bonds. The Balaban J connectivity index is 1.60. The minimum Gasteiger partial charge on any atom is -0.398 e. The van der Waals surface area contributed by atoms with E-state index >= 15 is 0 Å². The summed E-state index contributed by atoms with van der Waals surface area (Å²) in [4.78, 5) is 23.9. The quantitative estimate of drug-likeness (QED) is 0.436. The lowest BCUT2D eigenvalue weighted by Crippen LogP contribution is -2.26. The summed E-state index contributed by atoms with van der Waals surface area (Å²) < 4.78 is 0. The molecule has 6 nitrogen and oxygen atoms in total. The highest BCUT2D eigenvalue weighted by Gasteiger charge is 2.08. The lowest BCUT2D eigenvalue weighted by atomic mass is 10.1. The van der Waals surface area contributed by atoms with Crippen molar-refractivity contribution in [3.63, 3.8) is 0 Å². The number of carbonyl (C=O) groups excluding carboxylic acids is 2. The molecule has 0 spiro atoms. The van der Waals surface area contributed by atoms with Crippen LogP contribution in [0.25, 0.3) is 0 Å². The van der Waals surface area contributed by atoms with Gasteiger partial charge in [0.05, 0.1) is 11.1 Å². The Kier molecular flexibility index (Phi) is 6.83. The van der Waals surface area contributed by atoms with Crippen LogP contribution in [0.3, 0.4) is 0 Å². The van der Waals surface area contributed by atoms with E-state index in [1.165, 1.54) is 0 Å². The first kappa shape index (κ1) is 18.3. The van der Waals surface area contributed by atoms with E-state index in [1.54, 1.807) is 48.5 Å². The van der Waals surface area contributed by atoms with Crippen molar-refractivity contribution in [2.75, 3.05) is 24.6 Å². The molecule has 2 aromatic carbocycles. The fourth-order valence-electron chi connectivity index (χ4n) is 2.43. The van der Waals surface area contributed by atoms with Crippen LogP contribution in [0.2, 0.25) is 0 Å². The molecule has 0 aromatic heterocycles. The van der Waals surface area contributed by atoms with Crippen molar-refractivity contribution < 1.29 is 9.59 Å². The third-order valence-corrected chi connectivity index (χ3v) is 3.84. The highest BCUT2D eigenvalue weighted by atomic mass is 16.2. The van der Waals surface area contributed by atoms with E-state index in [0.717, 1.165) is 19.3 Å². The molecule has 0 atom stereocenters. The Hall–Kier alpha value is -3.02. The third-order valence-electron chi connectivity index (χ3n) is 3.84. The zero-order valence-corrected chi connectivity index (χ0v) is 14.1. The van der Waals surface area contributed by atoms with Crippen LogP contribution in [0, 0.1) is 0 Å². The first-order valence-corrected chi connectivity index (χ1v) is 8.35. The molecule has 2 aromatic rings. The Morgan fingerprint density at radius 3 is 1.48 bits per heavy atom. The second-order valence-corrected chi connectivity index (χ2v) is 5.75. The number of unbranched alkanes of at least 4 members (excludes halogenated alkanes) is 2. The molecular weight excluding hydrogens is 316 g/mol. The molecule has 0 heterocycles. The predicted molar refractivity (Wildman–Crippen MR) is 100 cm³/mol. The van der Waals surface area contributed by atoms with Crippen LogP contribution in [0.1, 0.15) is 40.0 Å². The summed E-state index contributed by atoms with van der Waals surface area (Å²) in [5, 5.41) is 5.70. The number of para-hydroxylation sites is 2. The fourth-order valence-corrected chi connectivity index (χ4v) is 2.43. The van der Waals surface area contributed by atoms with Crippen LogP contribution in [0.15, 0.2) is 48.5 Å². The summed E-state index contributed by atoms with van der Waals surface area (Å²) in [6.07, 6.45) is 2.57. The van der Waals surface area contributed by atoms with Crippen molar-refractivity contribution in [3.8, 4) is 0 Å². The lowest BCUT2D eigenvalue weighted by molar-refractivity contribution is 0.0948. The minimum atomic E-state index is -0.161. The van der Waals surface area contributed by atoms with Crippen LogP contribution in [-0.4, -0.2) is 24.9 Å². The van der Waals surface area contributed by atoms with Crippen molar-refractivity contribution in [2.24, 2.45) is 0 Å². The van der Waals surface area contributed by atoms with Gasteiger partial charge in [0.15, 0.2) is 0 Å². The van der Waals surface area contributed by atoms with Crippen LogP contribution in [0.4, 0.5) is 11.4 Å². The van der Waals surface area contributed by atoms with Gasteiger partial charge in [0, 0.05) is 24.5 Å². The number of rotatable bonds is 8. The number of nitrogens with one attached hydrogen (secondary N) is 2. The largest absolute Gasteiger partial charge is 0.398 e. The van der Waals surface area contributed by atoms with Crippen LogP contribution >= 0.6 is 0 Å². The Bertz CT molecular complexity index is 669. The molecule has 0 saturated heterocycles. The standard InChI is InChI=1S/C19H24N4O2/c20-16-10-4-2-8-14(16)18(24)22-12-6-1-7-13-23-19(25)15-9-3-5-11-17(15)21/h2-5,8-11H,1,6-7,12-13,20-21H2,(H,22,24)(H,23,25). The molecule has 6 heteroatoms. The zero-order chi connectivity index (χ0) is 18.1. The second-order valence-electron chi connectivity index (χ2n) is 5.75. The van der Waals surface area contributed by atoms with Crippen LogP contribution in [0.5, 0.6) is 0 Å². The van der Waals surface area contributed by atoms with Gasteiger partial charge in [-0.15, -0.1) is 0 Å². The maximum absolute atomic E-state index is 12.0. The van der Waals surface area contributed by atoms with E-state index < -0.39 is 0 Å². The number of nitrogens with two attached hydrogens (primary N) is 2. The molecule has 0 unspecified atom stereocenters. The summed E-state index contributed by atoms with van der Waals surface area (Å²) in [7, 11) is 0. The monoisotopic (exact) mass is 340 g/mol. The molecule has 25 heavy (non-hydrogen) atoms. The Labute approximate surface area is 147 Å². The van der Waals surface area contributed by atoms with Crippen LogP contribution in [-0.2, 0) is 0 Å². The number of hydrogen-bond acceptors (Lipinski definition) is 4. The average molecular weight is 340 g/mol. The van der Waals surface area contributed by atoms with Gasteiger partial charge in [-0.25, -0.2) is 0 Å². The highest BCUT2D eigenvalue weighted by molar-refractivity contribution is 5.99. The summed E-state index contributed by atoms with van der Waals surface area (Å²) in [5.74, 6) is -0.322. The molecule has 2 rings (SSSR count). The molecule has 0 saturated carbocycles. The van der Waals surface area contributed by atoms with Gasteiger partial charge >= 0.3 is 0 Å². The van der Waals surface area contributed by atoms with E-state index in [4.69, 9.17) is 11.5 Å².